The zero-order valence-corrected chi connectivity index (χ0v) is 12.6. The van der Waals surface area contributed by atoms with Crippen LogP contribution in [0.4, 0.5) is 0 Å². The Kier molecular flexibility index (Phi) is 3.85. The van der Waals surface area contributed by atoms with Crippen molar-refractivity contribution in [2.75, 3.05) is 34.0 Å². The highest BCUT2D eigenvalue weighted by Crippen LogP contribution is 2.38. The summed E-state index contributed by atoms with van der Waals surface area (Å²) in [6, 6.07) is 6.55. The molecule has 3 rings (SSSR count). The fraction of sp³-hybridized carbons (Fsp3) is 0.625. The molecular formula is C16H24N2O2. The second-order valence-electron chi connectivity index (χ2n) is 6.15. The molecule has 0 radical (unpaired) electrons. The second kappa shape index (κ2) is 5.62. The minimum absolute atomic E-state index is 0.323. The summed E-state index contributed by atoms with van der Waals surface area (Å²) in [7, 11) is 4.23. The molecule has 3 atom stereocenters. The van der Waals surface area contributed by atoms with Crippen LogP contribution in [0.5, 0.6) is 11.5 Å². The molecule has 0 spiro atoms. The summed E-state index contributed by atoms with van der Waals surface area (Å²) < 4.78 is 10.8. The first kappa shape index (κ1) is 13.7. The average Bonchev–Trinajstić information content (AvgIpc) is 2.94. The van der Waals surface area contributed by atoms with Crippen molar-refractivity contribution in [1.29, 1.82) is 0 Å². The zero-order valence-electron chi connectivity index (χ0n) is 12.6. The number of rotatable bonds is 6. The van der Waals surface area contributed by atoms with Gasteiger partial charge in [0.05, 0.1) is 0 Å². The van der Waals surface area contributed by atoms with Gasteiger partial charge in [-0.15, -0.1) is 0 Å². The molecule has 0 bridgehead atoms. The highest BCUT2D eigenvalue weighted by molar-refractivity contribution is 5.45. The first-order valence-electron chi connectivity index (χ1n) is 7.42. The third-order valence-electron chi connectivity index (χ3n) is 4.46. The van der Waals surface area contributed by atoms with Crippen LogP contribution in [0.15, 0.2) is 18.2 Å². The van der Waals surface area contributed by atoms with Crippen molar-refractivity contribution < 1.29 is 9.47 Å². The second-order valence-corrected chi connectivity index (χ2v) is 6.15. The molecule has 1 saturated carbocycles. The molecule has 0 saturated heterocycles. The molecular weight excluding hydrogens is 252 g/mol. The SMILES string of the molecule is CNC(CN(C)CC1CC1C)c1ccc2c(c1)OCO2. The summed E-state index contributed by atoms with van der Waals surface area (Å²) in [5.41, 5.74) is 1.26. The molecule has 1 fully saturated rings. The number of ether oxygens (including phenoxy) is 2. The van der Waals surface area contributed by atoms with Gasteiger partial charge in [-0.2, -0.15) is 0 Å². The Balaban J connectivity index is 1.63. The number of likely N-dealkylation sites (N-methyl/N-ethyl adjacent to an activating group) is 2. The predicted molar refractivity (Wildman–Crippen MR) is 79.1 cm³/mol. The lowest BCUT2D eigenvalue weighted by molar-refractivity contribution is 0.174. The number of nitrogens with one attached hydrogen (secondary N) is 1. The van der Waals surface area contributed by atoms with Gasteiger partial charge in [0.15, 0.2) is 11.5 Å². The Hall–Kier alpha value is -1.26. The van der Waals surface area contributed by atoms with Gasteiger partial charge in [0.1, 0.15) is 0 Å². The van der Waals surface area contributed by atoms with Crippen LogP contribution in [0.3, 0.4) is 0 Å². The van der Waals surface area contributed by atoms with Crippen molar-refractivity contribution in [3.8, 4) is 11.5 Å². The summed E-state index contributed by atoms with van der Waals surface area (Å²) >= 11 is 0. The quantitative estimate of drug-likeness (QED) is 0.864. The maximum atomic E-state index is 5.46. The van der Waals surface area contributed by atoms with E-state index >= 15 is 0 Å². The number of nitrogens with zero attached hydrogens (tertiary/aromatic N) is 1. The lowest BCUT2D eigenvalue weighted by atomic mass is 10.1. The van der Waals surface area contributed by atoms with E-state index in [-0.39, 0.29) is 0 Å². The monoisotopic (exact) mass is 276 g/mol. The maximum Gasteiger partial charge on any atom is 0.231 e. The molecule has 1 N–H and O–H groups in total. The molecule has 2 aliphatic rings. The van der Waals surface area contributed by atoms with E-state index in [1.807, 2.05) is 13.1 Å². The molecule has 110 valence electrons. The third-order valence-corrected chi connectivity index (χ3v) is 4.46. The van der Waals surface area contributed by atoms with E-state index in [4.69, 9.17) is 9.47 Å². The van der Waals surface area contributed by atoms with Crippen molar-refractivity contribution >= 4 is 0 Å². The van der Waals surface area contributed by atoms with Crippen LogP contribution in [-0.4, -0.2) is 38.9 Å². The Morgan fingerprint density at radius 3 is 2.80 bits per heavy atom. The van der Waals surface area contributed by atoms with Crippen LogP contribution < -0.4 is 14.8 Å². The first-order chi connectivity index (χ1) is 9.67. The highest BCUT2D eigenvalue weighted by Gasteiger charge is 2.33. The molecule has 1 aromatic carbocycles. The van der Waals surface area contributed by atoms with Gasteiger partial charge in [-0.05, 0) is 50.0 Å². The van der Waals surface area contributed by atoms with Crippen LogP contribution in [0, 0.1) is 11.8 Å². The molecule has 0 aromatic heterocycles. The standard InChI is InChI=1S/C16H24N2O2/c1-11-6-13(11)8-18(3)9-14(17-2)12-4-5-15-16(7-12)20-10-19-15/h4-5,7,11,13-14,17H,6,8-10H2,1-3H3. The first-order valence-corrected chi connectivity index (χ1v) is 7.42. The molecule has 1 aromatic rings. The van der Waals surface area contributed by atoms with E-state index in [1.54, 1.807) is 0 Å². The van der Waals surface area contributed by atoms with Gasteiger partial charge in [-0.1, -0.05) is 13.0 Å². The minimum atomic E-state index is 0.323. The van der Waals surface area contributed by atoms with Gasteiger partial charge in [0, 0.05) is 19.1 Å². The minimum Gasteiger partial charge on any atom is -0.454 e. The predicted octanol–water partition coefficient (Wildman–Crippen LogP) is 2.26. The highest BCUT2D eigenvalue weighted by atomic mass is 16.7. The lowest BCUT2D eigenvalue weighted by Gasteiger charge is -2.24. The van der Waals surface area contributed by atoms with E-state index in [2.05, 4.69) is 36.3 Å². The largest absolute Gasteiger partial charge is 0.454 e. The zero-order chi connectivity index (χ0) is 14.1. The van der Waals surface area contributed by atoms with Crippen LogP contribution in [0.25, 0.3) is 0 Å². The topological polar surface area (TPSA) is 33.7 Å². The van der Waals surface area contributed by atoms with Gasteiger partial charge in [0.25, 0.3) is 0 Å². The van der Waals surface area contributed by atoms with Crippen molar-refractivity contribution in [2.45, 2.75) is 19.4 Å². The van der Waals surface area contributed by atoms with E-state index < -0.39 is 0 Å². The lowest BCUT2D eigenvalue weighted by Crippen LogP contribution is -2.32. The number of hydrogen-bond acceptors (Lipinski definition) is 4. The molecule has 1 aliphatic carbocycles. The fourth-order valence-electron chi connectivity index (χ4n) is 2.93. The molecule has 0 amide bonds. The maximum absolute atomic E-state index is 5.46. The van der Waals surface area contributed by atoms with Gasteiger partial charge in [-0.25, -0.2) is 0 Å². The molecule has 20 heavy (non-hydrogen) atoms. The van der Waals surface area contributed by atoms with E-state index in [1.165, 1.54) is 18.5 Å². The van der Waals surface area contributed by atoms with Crippen molar-refractivity contribution in [1.82, 2.24) is 10.2 Å². The molecule has 1 aliphatic heterocycles. The summed E-state index contributed by atoms with van der Waals surface area (Å²) in [5.74, 6) is 3.52. The van der Waals surface area contributed by atoms with Crippen LogP contribution in [-0.2, 0) is 0 Å². The van der Waals surface area contributed by atoms with Gasteiger partial charge < -0.3 is 19.7 Å². The van der Waals surface area contributed by atoms with Crippen molar-refractivity contribution in [2.24, 2.45) is 11.8 Å². The van der Waals surface area contributed by atoms with Crippen LogP contribution in [0.2, 0.25) is 0 Å². The normalized spacial score (nSPS) is 25.0. The van der Waals surface area contributed by atoms with Gasteiger partial charge in [0.2, 0.25) is 6.79 Å². The Labute approximate surface area is 121 Å². The average molecular weight is 276 g/mol. The smallest absolute Gasteiger partial charge is 0.231 e. The van der Waals surface area contributed by atoms with Crippen LogP contribution >= 0.6 is 0 Å². The number of hydrogen-bond donors (Lipinski definition) is 1. The summed E-state index contributed by atoms with van der Waals surface area (Å²) in [6.07, 6.45) is 1.39. The van der Waals surface area contributed by atoms with E-state index in [9.17, 15) is 0 Å². The molecule has 4 nitrogen and oxygen atoms in total. The van der Waals surface area contributed by atoms with Gasteiger partial charge in [-0.3, -0.25) is 0 Å². The Morgan fingerprint density at radius 2 is 2.10 bits per heavy atom. The third kappa shape index (κ3) is 2.91. The molecule has 1 heterocycles. The summed E-state index contributed by atoms with van der Waals surface area (Å²) in [5, 5.41) is 3.41. The fourth-order valence-corrected chi connectivity index (χ4v) is 2.93. The summed E-state index contributed by atoms with van der Waals surface area (Å²) in [6.45, 7) is 4.89. The van der Waals surface area contributed by atoms with Crippen molar-refractivity contribution in [3.63, 3.8) is 0 Å². The Bertz CT molecular complexity index is 478. The number of fused-ring (bicyclic) bond motifs is 1. The van der Waals surface area contributed by atoms with Crippen molar-refractivity contribution in [3.05, 3.63) is 23.8 Å². The van der Waals surface area contributed by atoms with E-state index in [0.29, 0.717) is 12.8 Å². The summed E-state index contributed by atoms with van der Waals surface area (Å²) in [4.78, 5) is 2.43. The Morgan fingerprint density at radius 1 is 1.35 bits per heavy atom. The number of benzene rings is 1. The molecule has 3 unspecified atom stereocenters. The van der Waals surface area contributed by atoms with Gasteiger partial charge >= 0.3 is 0 Å². The van der Waals surface area contributed by atoms with E-state index in [0.717, 1.165) is 29.9 Å². The molecule has 4 heteroatoms. The van der Waals surface area contributed by atoms with Crippen LogP contribution in [0.1, 0.15) is 24.9 Å².